The van der Waals surface area contributed by atoms with Gasteiger partial charge in [0.1, 0.15) is 11.4 Å². The highest BCUT2D eigenvalue weighted by molar-refractivity contribution is 5.83. The van der Waals surface area contributed by atoms with Crippen molar-refractivity contribution in [2.45, 2.75) is 12.8 Å². The Morgan fingerprint density at radius 1 is 0.658 bits per heavy atom. The summed E-state index contributed by atoms with van der Waals surface area (Å²) in [5.41, 5.74) is 14.2. The Balaban J connectivity index is 1.71. The minimum absolute atomic E-state index is 0.133. The van der Waals surface area contributed by atoms with Crippen molar-refractivity contribution in [3.63, 3.8) is 0 Å². The molecule has 0 atom stereocenters. The van der Waals surface area contributed by atoms with Gasteiger partial charge in [-0.1, -0.05) is 10.2 Å². The number of amides is 2. The zero-order chi connectivity index (χ0) is 28.2. The predicted octanol–water partition coefficient (Wildman–Crippen LogP) is 3.73. The van der Waals surface area contributed by atoms with Gasteiger partial charge in [-0.05, 0) is 11.1 Å². The van der Waals surface area contributed by atoms with E-state index in [1.165, 1.54) is 0 Å². The first-order valence-electron chi connectivity index (χ1n) is 10.3. The number of carbonyl (C=O) groups excluding carboxylic acids is 2. The SMILES string of the molecule is [N-]=[N+]=Nc1c(F)c(F)nc(NCCNC(=O)CCC(=O)NCCNc2nc(F)c(F)c(N=[N+]=[N-])c2F)c1F. The molecule has 0 saturated heterocycles. The molecule has 0 spiro atoms. The Bertz CT molecular complexity index is 1210. The topological polar surface area (TPSA) is 206 Å². The zero-order valence-electron chi connectivity index (χ0n) is 18.9. The van der Waals surface area contributed by atoms with Crippen LogP contribution in [0, 0.1) is 35.2 Å². The first kappa shape index (κ1) is 29.3. The Morgan fingerprint density at radius 3 is 1.37 bits per heavy atom. The van der Waals surface area contributed by atoms with Crippen molar-refractivity contribution in [1.82, 2.24) is 20.6 Å². The third kappa shape index (κ3) is 7.77. The van der Waals surface area contributed by atoms with E-state index in [0.717, 1.165) is 0 Å². The first-order chi connectivity index (χ1) is 18.1. The molecular formula is C18H16F6N12O2. The van der Waals surface area contributed by atoms with E-state index in [2.05, 4.69) is 51.3 Å². The molecular weight excluding hydrogens is 530 g/mol. The maximum absolute atomic E-state index is 14.0. The number of nitrogens with one attached hydrogen (secondary N) is 4. The molecule has 0 aliphatic rings. The summed E-state index contributed by atoms with van der Waals surface area (Å²) < 4.78 is 81.7. The Labute approximate surface area is 208 Å². The van der Waals surface area contributed by atoms with Crippen LogP contribution in [0.4, 0.5) is 49.4 Å². The third-order valence-corrected chi connectivity index (χ3v) is 4.38. The fourth-order valence-electron chi connectivity index (χ4n) is 2.67. The van der Waals surface area contributed by atoms with Gasteiger partial charge in [0.2, 0.25) is 11.8 Å². The van der Waals surface area contributed by atoms with Crippen molar-refractivity contribution in [3.8, 4) is 0 Å². The molecule has 2 rings (SSSR count). The van der Waals surface area contributed by atoms with Crippen molar-refractivity contribution in [3.05, 3.63) is 56.0 Å². The molecule has 20 heteroatoms. The molecule has 0 radical (unpaired) electrons. The Kier molecular flexibility index (Phi) is 10.7. The maximum atomic E-state index is 14.0. The van der Waals surface area contributed by atoms with E-state index < -0.39 is 70.0 Å². The van der Waals surface area contributed by atoms with E-state index >= 15 is 0 Å². The number of hydrogen-bond acceptors (Lipinski definition) is 8. The standard InChI is InChI=1S/C18H16F6N12O2/c19-9-13(33-35-25)11(21)17(31-15(9)23)29-5-3-27-7(37)1-2-8(38)28-4-6-30-18-12(22)14(34-36-26)10(20)16(24)32-18/h1-6H2,(H,27,37)(H,28,38)(H,29,31)(H,30,32). The van der Waals surface area contributed by atoms with E-state index in [4.69, 9.17) is 11.1 Å². The van der Waals surface area contributed by atoms with E-state index in [9.17, 15) is 35.9 Å². The zero-order valence-corrected chi connectivity index (χ0v) is 18.9. The summed E-state index contributed by atoms with van der Waals surface area (Å²) in [4.78, 5) is 34.1. The monoisotopic (exact) mass is 546 g/mol. The second-order valence-electron chi connectivity index (χ2n) is 6.89. The fourth-order valence-corrected chi connectivity index (χ4v) is 2.67. The minimum atomic E-state index is -1.76. The van der Waals surface area contributed by atoms with Crippen LogP contribution in [0.25, 0.3) is 20.9 Å². The lowest BCUT2D eigenvalue weighted by atomic mass is 10.3. The maximum Gasteiger partial charge on any atom is 0.251 e. The van der Waals surface area contributed by atoms with Crippen molar-refractivity contribution in [2.24, 2.45) is 10.2 Å². The molecule has 4 N–H and O–H groups in total. The van der Waals surface area contributed by atoms with Crippen LogP contribution in [0.1, 0.15) is 12.8 Å². The molecule has 0 aromatic carbocycles. The second-order valence-corrected chi connectivity index (χ2v) is 6.89. The minimum Gasteiger partial charge on any atom is -0.366 e. The van der Waals surface area contributed by atoms with Gasteiger partial charge in [-0.15, -0.1) is 0 Å². The molecule has 0 unspecified atom stereocenters. The van der Waals surface area contributed by atoms with Crippen molar-refractivity contribution in [1.29, 1.82) is 0 Å². The van der Waals surface area contributed by atoms with Gasteiger partial charge in [0, 0.05) is 48.8 Å². The lowest BCUT2D eigenvalue weighted by molar-refractivity contribution is -0.126. The molecule has 0 bridgehead atoms. The third-order valence-electron chi connectivity index (χ3n) is 4.38. The highest BCUT2D eigenvalue weighted by Gasteiger charge is 2.20. The van der Waals surface area contributed by atoms with Gasteiger partial charge in [-0.2, -0.15) is 18.7 Å². The summed E-state index contributed by atoms with van der Waals surface area (Å²) in [6.45, 7) is -0.646. The normalized spacial score (nSPS) is 10.2. The number of pyridine rings is 2. The molecule has 14 nitrogen and oxygen atoms in total. The van der Waals surface area contributed by atoms with Crippen LogP contribution < -0.4 is 21.3 Å². The predicted molar refractivity (Wildman–Crippen MR) is 118 cm³/mol. The lowest BCUT2D eigenvalue weighted by Crippen LogP contribution is -2.32. The molecule has 0 aliphatic heterocycles. The largest absolute Gasteiger partial charge is 0.366 e. The van der Waals surface area contributed by atoms with Crippen LogP contribution >= 0.6 is 0 Å². The van der Waals surface area contributed by atoms with Gasteiger partial charge >= 0.3 is 0 Å². The quantitative estimate of drug-likeness (QED) is 0.0735. The summed E-state index contributed by atoms with van der Waals surface area (Å²) in [5, 5.41) is 14.8. The number of halogens is 6. The van der Waals surface area contributed by atoms with Crippen LogP contribution in [-0.2, 0) is 9.59 Å². The molecule has 2 aromatic rings. The Hall–Kier alpha value is -4.96. The van der Waals surface area contributed by atoms with E-state index in [-0.39, 0.29) is 39.0 Å². The summed E-state index contributed by atoms with van der Waals surface area (Å²) >= 11 is 0. The molecule has 2 aromatic heterocycles. The van der Waals surface area contributed by atoms with E-state index in [1.54, 1.807) is 0 Å². The highest BCUT2D eigenvalue weighted by Crippen LogP contribution is 2.29. The summed E-state index contributed by atoms with van der Waals surface area (Å²) in [6.07, 6.45) is -0.542. The summed E-state index contributed by atoms with van der Waals surface area (Å²) in [7, 11) is 0. The van der Waals surface area contributed by atoms with Crippen molar-refractivity contribution in [2.75, 3.05) is 36.8 Å². The van der Waals surface area contributed by atoms with E-state index in [1.807, 2.05) is 0 Å². The molecule has 2 amide bonds. The Morgan fingerprint density at radius 2 is 1.03 bits per heavy atom. The van der Waals surface area contributed by atoms with Crippen LogP contribution in [0.3, 0.4) is 0 Å². The number of aromatic nitrogens is 2. The van der Waals surface area contributed by atoms with Crippen molar-refractivity contribution < 1.29 is 35.9 Å². The summed E-state index contributed by atoms with van der Waals surface area (Å²) in [5.74, 6) is -12.5. The van der Waals surface area contributed by atoms with Crippen LogP contribution in [0.15, 0.2) is 10.2 Å². The number of azide groups is 2. The molecule has 0 aliphatic carbocycles. The molecule has 2 heterocycles. The fraction of sp³-hybridized carbons (Fsp3) is 0.333. The van der Waals surface area contributed by atoms with E-state index in [0.29, 0.717) is 0 Å². The first-order valence-corrected chi connectivity index (χ1v) is 10.3. The van der Waals surface area contributed by atoms with Crippen LogP contribution in [0.5, 0.6) is 0 Å². The van der Waals surface area contributed by atoms with Crippen LogP contribution in [0.2, 0.25) is 0 Å². The number of rotatable bonds is 13. The van der Waals surface area contributed by atoms with Crippen molar-refractivity contribution >= 4 is 34.8 Å². The smallest absolute Gasteiger partial charge is 0.251 e. The highest BCUT2D eigenvalue weighted by atomic mass is 19.2. The number of carbonyl (C=O) groups is 2. The average molecular weight is 546 g/mol. The van der Waals surface area contributed by atoms with Crippen LogP contribution in [-0.4, -0.2) is 48.0 Å². The molecule has 0 saturated carbocycles. The molecule has 38 heavy (non-hydrogen) atoms. The second kappa shape index (κ2) is 14.0. The average Bonchev–Trinajstić information content (AvgIpc) is 2.89. The van der Waals surface area contributed by atoms with Gasteiger partial charge in [0.05, 0.1) is 0 Å². The summed E-state index contributed by atoms with van der Waals surface area (Å²) in [6, 6.07) is 0. The van der Waals surface area contributed by atoms with Gasteiger partial charge in [0.15, 0.2) is 34.9 Å². The lowest BCUT2D eigenvalue weighted by Gasteiger charge is -2.11. The number of anilines is 2. The molecule has 0 fully saturated rings. The number of hydrogen-bond donors (Lipinski definition) is 4. The van der Waals surface area contributed by atoms with Gasteiger partial charge < -0.3 is 21.3 Å². The van der Waals surface area contributed by atoms with Gasteiger partial charge in [0.25, 0.3) is 11.9 Å². The van der Waals surface area contributed by atoms with Gasteiger partial charge in [-0.25, -0.2) is 17.6 Å². The molecule has 202 valence electrons. The van der Waals surface area contributed by atoms with Gasteiger partial charge in [-0.3, -0.25) is 9.59 Å². The number of nitrogens with zero attached hydrogens (tertiary/aromatic N) is 8.